The molecule has 0 amide bonds. The predicted molar refractivity (Wildman–Crippen MR) is 195 cm³/mol. The summed E-state index contributed by atoms with van der Waals surface area (Å²) in [4.78, 5) is 10.2. The largest absolute Gasteiger partial charge is 0.308 e. The third-order valence-corrected chi connectivity index (χ3v) is 10.8. The second kappa shape index (κ2) is 8.87. The molecule has 0 atom stereocenters. The highest BCUT2D eigenvalue weighted by molar-refractivity contribution is 7.26. The lowest BCUT2D eigenvalue weighted by atomic mass is 10.00. The second-order valence-electron chi connectivity index (χ2n) is 12.2. The van der Waals surface area contributed by atoms with E-state index in [1.54, 1.807) is 0 Å². The molecule has 0 aliphatic carbocycles. The van der Waals surface area contributed by atoms with E-state index in [2.05, 4.69) is 132 Å². The summed E-state index contributed by atoms with van der Waals surface area (Å²) in [5, 5.41) is 11.5. The zero-order chi connectivity index (χ0) is 29.9. The molecule has 11 rings (SSSR count). The van der Waals surface area contributed by atoms with Gasteiger partial charge in [-0.3, -0.25) is 0 Å². The van der Waals surface area contributed by atoms with Gasteiger partial charge in [-0.1, -0.05) is 103 Å². The minimum Gasteiger partial charge on any atom is -0.308 e. The Morgan fingerprint density at radius 1 is 0.457 bits per heavy atom. The van der Waals surface area contributed by atoms with Crippen LogP contribution in [0.5, 0.6) is 0 Å². The first kappa shape index (κ1) is 24.5. The van der Waals surface area contributed by atoms with Crippen LogP contribution in [0.1, 0.15) is 0 Å². The van der Waals surface area contributed by atoms with Crippen molar-refractivity contribution in [3.63, 3.8) is 0 Å². The van der Waals surface area contributed by atoms with Crippen LogP contribution in [0.2, 0.25) is 0 Å². The molecule has 4 aromatic heterocycles. The molecule has 7 aromatic carbocycles. The van der Waals surface area contributed by atoms with Gasteiger partial charge in [0.15, 0.2) is 5.82 Å². The molecule has 0 N–H and O–H groups in total. The van der Waals surface area contributed by atoms with E-state index in [0.717, 1.165) is 33.5 Å². The number of fused-ring (bicyclic) bond motifs is 12. The maximum Gasteiger partial charge on any atom is 0.160 e. The number of nitrogens with zero attached hydrogens (tertiary/aromatic N) is 3. The predicted octanol–water partition coefficient (Wildman–Crippen LogP) is 11.6. The number of rotatable bonds is 2. The number of para-hydroxylation sites is 3. The van der Waals surface area contributed by atoms with Crippen molar-refractivity contribution in [2.75, 3.05) is 0 Å². The maximum atomic E-state index is 5.13. The molecule has 0 aliphatic rings. The molecular weight excluding hydrogens is 579 g/mol. The van der Waals surface area contributed by atoms with Crippen molar-refractivity contribution in [1.82, 2.24) is 14.4 Å². The third-order valence-electron chi connectivity index (χ3n) is 9.70. The van der Waals surface area contributed by atoms with Crippen molar-refractivity contribution in [1.29, 1.82) is 0 Å². The molecule has 0 fully saturated rings. The van der Waals surface area contributed by atoms with Gasteiger partial charge in [0, 0.05) is 58.2 Å². The molecular formula is C42H23N3S. The van der Waals surface area contributed by atoms with Crippen LogP contribution in [-0.4, -0.2) is 14.4 Å². The summed E-state index contributed by atoms with van der Waals surface area (Å²) in [5.74, 6) is 0.752. The van der Waals surface area contributed by atoms with Gasteiger partial charge in [-0.15, -0.1) is 11.3 Å². The fourth-order valence-electron chi connectivity index (χ4n) is 7.68. The molecule has 0 aliphatic heterocycles. The monoisotopic (exact) mass is 601 g/mol. The van der Waals surface area contributed by atoms with Gasteiger partial charge in [-0.05, 0) is 47.2 Å². The van der Waals surface area contributed by atoms with E-state index in [-0.39, 0.29) is 0 Å². The molecule has 0 spiro atoms. The van der Waals surface area contributed by atoms with Crippen LogP contribution >= 0.6 is 11.3 Å². The fraction of sp³-hybridized carbons (Fsp3) is 0. The van der Waals surface area contributed by atoms with E-state index in [0.29, 0.717) is 0 Å². The summed E-state index contributed by atoms with van der Waals surface area (Å²) in [5.41, 5.74) is 7.90. The summed E-state index contributed by atoms with van der Waals surface area (Å²) in [7, 11) is 0. The van der Waals surface area contributed by atoms with Gasteiger partial charge in [0.05, 0.1) is 27.8 Å². The quantitative estimate of drug-likeness (QED) is 0.197. The Kier molecular flexibility index (Phi) is 4.72. The van der Waals surface area contributed by atoms with Gasteiger partial charge in [0.1, 0.15) is 0 Å². The molecule has 0 saturated heterocycles. The highest BCUT2D eigenvalue weighted by Gasteiger charge is 2.19. The van der Waals surface area contributed by atoms with Crippen LogP contribution in [0, 0.1) is 0 Å². The maximum absolute atomic E-state index is 5.13. The summed E-state index contributed by atoms with van der Waals surface area (Å²) in [6.45, 7) is 0. The Balaban J connectivity index is 1.14. The lowest BCUT2D eigenvalue weighted by Crippen LogP contribution is -1.94. The van der Waals surface area contributed by atoms with Gasteiger partial charge in [0.25, 0.3) is 0 Å². The number of thiophene rings is 1. The minimum absolute atomic E-state index is 0.752. The molecule has 0 saturated carbocycles. The topological polar surface area (TPSA) is 30.2 Å². The molecule has 4 heterocycles. The zero-order valence-electron chi connectivity index (χ0n) is 24.5. The standard InChI is InChI=1S/C42H23N3S/c1-2-9-24(10-3-1)40-30-12-4-6-15-34(30)43-42(44-40)26-17-19-28-33-21-25-18-20-36-39(32(25)23-38(33)46-37(28)22-26)31-14-8-13-29-27-11-5-7-16-35(27)45(36)41(29)31/h1-23H. The van der Waals surface area contributed by atoms with Crippen molar-refractivity contribution in [2.24, 2.45) is 0 Å². The van der Waals surface area contributed by atoms with Crippen LogP contribution in [0.4, 0.5) is 0 Å². The van der Waals surface area contributed by atoms with Gasteiger partial charge >= 0.3 is 0 Å². The number of benzene rings is 7. The molecule has 46 heavy (non-hydrogen) atoms. The normalized spacial score (nSPS) is 12.3. The van der Waals surface area contributed by atoms with Crippen LogP contribution in [0.25, 0.3) is 103 Å². The summed E-state index contributed by atoms with van der Waals surface area (Å²) in [6.07, 6.45) is 0. The van der Waals surface area contributed by atoms with E-state index in [4.69, 9.17) is 9.97 Å². The van der Waals surface area contributed by atoms with E-state index in [1.807, 2.05) is 23.5 Å². The van der Waals surface area contributed by atoms with E-state index in [1.165, 1.54) is 69.0 Å². The molecule has 0 bridgehead atoms. The van der Waals surface area contributed by atoms with Crippen molar-refractivity contribution in [3.8, 4) is 22.6 Å². The Bertz CT molecular complexity index is 3020. The van der Waals surface area contributed by atoms with Crippen molar-refractivity contribution >= 4 is 91.3 Å². The number of aromatic nitrogens is 3. The molecule has 0 radical (unpaired) electrons. The summed E-state index contributed by atoms with van der Waals surface area (Å²) in [6, 6.07) is 50.3. The first-order valence-electron chi connectivity index (χ1n) is 15.6. The highest BCUT2D eigenvalue weighted by Crippen LogP contribution is 2.44. The van der Waals surface area contributed by atoms with Gasteiger partial charge < -0.3 is 4.40 Å². The lowest BCUT2D eigenvalue weighted by Gasteiger charge is -2.09. The Morgan fingerprint density at radius 2 is 1.24 bits per heavy atom. The molecule has 3 nitrogen and oxygen atoms in total. The van der Waals surface area contributed by atoms with Crippen LogP contribution in [-0.2, 0) is 0 Å². The molecule has 212 valence electrons. The zero-order valence-corrected chi connectivity index (χ0v) is 25.3. The van der Waals surface area contributed by atoms with Gasteiger partial charge in [-0.2, -0.15) is 0 Å². The van der Waals surface area contributed by atoms with E-state index < -0.39 is 0 Å². The lowest BCUT2D eigenvalue weighted by molar-refractivity contribution is 1.23. The first-order chi connectivity index (χ1) is 22.8. The van der Waals surface area contributed by atoms with Crippen LogP contribution in [0.3, 0.4) is 0 Å². The highest BCUT2D eigenvalue weighted by atomic mass is 32.1. The summed E-state index contributed by atoms with van der Waals surface area (Å²) < 4.78 is 5.01. The summed E-state index contributed by atoms with van der Waals surface area (Å²) >= 11 is 1.85. The van der Waals surface area contributed by atoms with Crippen molar-refractivity contribution in [2.45, 2.75) is 0 Å². The fourth-order valence-corrected chi connectivity index (χ4v) is 8.85. The van der Waals surface area contributed by atoms with E-state index >= 15 is 0 Å². The third kappa shape index (κ3) is 3.21. The van der Waals surface area contributed by atoms with Crippen molar-refractivity contribution < 1.29 is 0 Å². The van der Waals surface area contributed by atoms with Gasteiger partial charge in [-0.25, -0.2) is 9.97 Å². The average Bonchev–Trinajstić information content (AvgIpc) is 3.77. The Morgan fingerprint density at radius 3 is 2.17 bits per heavy atom. The SMILES string of the molecule is c1ccc(-c2nc(-c3ccc4c(c3)sc3cc5c(ccc6c5c5cccc7c8ccccc8n6c75)cc34)nc3ccccc23)cc1. The first-order valence-corrected chi connectivity index (χ1v) is 16.4. The average molecular weight is 602 g/mol. The molecule has 4 heteroatoms. The second-order valence-corrected chi connectivity index (χ2v) is 13.3. The number of hydrogen-bond acceptors (Lipinski definition) is 3. The molecule has 11 aromatic rings. The smallest absolute Gasteiger partial charge is 0.160 e. The van der Waals surface area contributed by atoms with Gasteiger partial charge in [0.2, 0.25) is 0 Å². The Labute approximate surface area is 266 Å². The Hall–Kier alpha value is -5.84. The van der Waals surface area contributed by atoms with E-state index in [9.17, 15) is 0 Å². The van der Waals surface area contributed by atoms with Crippen LogP contribution in [0.15, 0.2) is 140 Å². The number of hydrogen-bond donors (Lipinski definition) is 0. The van der Waals surface area contributed by atoms with Crippen LogP contribution < -0.4 is 0 Å². The van der Waals surface area contributed by atoms with Crippen molar-refractivity contribution in [3.05, 3.63) is 140 Å². The minimum atomic E-state index is 0.752. The molecule has 0 unspecified atom stereocenters.